The molecule has 0 saturated heterocycles. The van der Waals surface area contributed by atoms with E-state index in [2.05, 4.69) is 93.8 Å². The van der Waals surface area contributed by atoms with Crippen LogP contribution in [0, 0.1) is 27.8 Å². The molecule has 2 aliphatic rings. The zero-order chi connectivity index (χ0) is 52.8. The number of esters is 2. The number of Topliss-reactive ketones (excluding diaryl/α,β-unsaturated/α-hetero) is 2. The molecule has 4 atom stereocenters. The van der Waals surface area contributed by atoms with Crippen molar-refractivity contribution < 1.29 is 38.2 Å². The number of carbonyl (C=O) groups excluding carboxylic acids is 6. The molecule has 16 heteroatoms. The minimum absolute atomic E-state index is 0.128. The highest BCUT2D eigenvalue weighted by Crippen LogP contribution is 2.25. The van der Waals surface area contributed by atoms with Gasteiger partial charge < -0.3 is 29.9 Å². The summed E-state index contributed by atoms with van der Waals surface area (Å²) >= 11 is 16.5. The van der Waals surface area contributed by atoms with Gasteiger partial charge in [0.15, 0.2) is 27.9 Å². The number of rotatable bonds is 16. The third kappa shape index (κ3) is 20.4. The normalized spacial score (nSPS) is 13.9. The van der Waals surface area contributed by atoms with Crippen LogP contribution in [0.25, 0.3) is 0 Å². The number of likely N-dealkylation sites (N-methyl/N-ethyl adjacent to an activating group) is 2. The maximum atomic E-state index is 12.8. The van der Waals surface area contributed by atoms with E-state index >= 15 is 0 Å². The van der Waals surface area contributed by atoms with Crippen LogP contribution < -0.4 is 10.6 Å². The first kappa shape index (κ1) is 60.0. The molecule has 2 fully saturated rings. The van der Waals surface area contributed by atoms with Gasteiger partial charge in [0.1, 0.15) is 0 Å². The van der Waals surface area contributed by atoms with Gasteiger partial charge in [-0.05, 0) is 146 Å². The number of carbonyl (C=O) groups is 6. The highest BCUT2D eigenvalue weighted by Gasteiger charge is 2.35. The molecule has 378 valence electrons. The van der Waals surface area contributed by atoms with Gasteiger partial charge in [-0.2, -0.15) is 0 Å². The van der Waals surface area contributed by atoms with Crippen molar-refractivity contribution >= 4 is 92.7 Å². The second kappa shape index (κ2) is 30.6. The molecule has 0 heterocycles. The molecule has 0 aromatic heterocycles. The Morgan fingerprint density at radius 1 is 0.606 bits per heavy atom. The largest absolute Gasteiger partial charge is 0.467 e. The van der Waals surface area contributed by atoms with Crippen molar-refractivity contribution in [3.05, 3.63) is 140 Å². The highest BCUT2D eigenvalue weighted by atomic mass is 127. The molecular formula is C55H62Cl3IN4O8. The summed E-state index contributed by atoms with van der Waals surface area (Å²) in [4.78, 5) is 75.1. The zero-order valence-corrected chi connectivity index (χ0v) is 45.7. The van der Waals surface area contributed by atoms with Crippen LogP contribution in [0.1, 0.15) is 127 Å². The van der Waals surface area contributed by atoms with Crippen molar-refractivity contribution in [1.82, 2.24) is 20.4 Å². The van der Waals surface area contributed by atoms with E-state index in [1.165, 1.54) is 65.1 Å². The Hall–Kier alpha value is -5.26. The molecule has 0 spiro atoms. The number of ketones is 2. The smallest absolute Gasteiger partial charge is 0.336 e. The number of nitrogens with one attached hydrogen (secondary N) is 2. The molecule has 2 aliphatic carbocycles. The quantitative estimate of drug-likeness (QED) is 0.0365. The van der Waals surface area contributed by atoms with Crippen LogP contribution in [0.3, 0.4) is 0 Å². The predicted molar refractivity (Wildman–Crippen MR) is 289 cm³/mol. The van der Waals surface area contributed by atoms with Gasteiger partial charge in [-0.25, -0.2) is 9.59 Å². The van der Waals surface area contributed by atoms with Crippen LogP contribution in [0.4, 0.5) is 0 Å². The average molecular weight is 1140 g/mol. The predicted octanol–water partition coefficient (Wildman–Crippen LogP) is 9.84. The minimum Gasteiger partial charge on any atom is -0.467 e. The van der Waals surface area contributed by atoms with Crippen LogP contribution in [-0.4, -0.2) is 102 Å². The van der Waals surface area contributed by atoms with Crippen molar-refractivity contribution in [3.8, 4) is 24.2 Å². The van der Waals surface area contributed by atoms with E-state index in [1.807, 2.05) is 24.3 Å². The van der Waals surface area contributed by atoms with E-state index in [9.17, 15) is 28.8 Å². The molecule has 4 aromatic carbocycles. The molecule has 2 saturated carbocycles. The monoisotopic (exact) mass is 1140 g/mol. The van der Waals surface area contributed by atoms with E-state index in [4.69, 9.17) is 46.0 Å². The van der Waals surface area contributed by atoms with Crippen molar-refractivity contribution in [1.29, 1.82) is 0 Å². The summed E-state index contributed by atoms with van der Waals surface area (Å²) < 4.78 is 9.55. The Morgan fingerprint density at radius 3 is 1.21 bits per heavy atom. The van der Waals surface area contributed by atoms with Gasteiger partial charge in [-0.1, -0.05) is 90.7 Å². The molecule has 0 radical (unpaired) electrons. The van der Waals surface area contributed by atoms with Gasteiger partial charge in [0.2, 0.25) is 0 Å². The molecule has 2 N–H and O–H groups in total. The van der Waals surface area contributed by atoms with Crippen molar-refractivity contribution in [2.45, 2.75) is 107 Å². The van der Waals surface area contributed by atoms with E-state index in [-0.39, 0.29) is 24.4 Å². The van der Waals surface area contributed by atoms with Crippen molar-refractivity contribution in [3.63, 3.8) is 0 Å². The SMILES string of the molecule is C#Cc1ccc(C(C)NC2CC2)cc1.CCC(=O)C(C(=O)OC)N(C)C(=O)c1ccc(C#Cc2ccc(C(C)NC3CC3)cc2)cc1.CCC(=O)C(C(=O)OC)N(C)C(=O)c1ccc(I)cc1.ClC(Cl)Cl. The molecule has 2 amide bonds. The Labute approximate surface area is 447 Å². The second-order valence-corrected chi connectivity index (χ2v) is 19.8. The summed E-state index contributed by atoms with van der Waals surface area (Å²) in [6.07, 6.45) is 10.8. The molecule has 4 aromatic rings. The number of benzene rings is 4. The maximum Gasteiger partial charge on any atom is 0.336 e. The summed E-state index contributed by atoms with van der Waals surface area (Å²) in [5.74, 6) is 5.86. The third-order valence-corrected chi connectivity index (χ3v) is 12.0. The second-order valence-electron chi connectivity index (χ2n) is 16.6. The number of hydrogen-bond acceptors (Lipinski definition) is 10. The molecule has 0 bridgehead atoms. The summed E-state index contributed by atoms with van der Waals surface area (Å²) in [7, 11) is 5.25. The number of terminal acetylenes is 1. The van der Waals surface area contributed by atoms with Crippen LogP contribution in [0.5, 0.6) is 0 Å². The number of hydrogen-bond donors (Lipinski definition) is 2. The number of amides is 2. The molecular weight excluding hydrogens is 1080 g/mol. The molecule has 4 unspecified atom stereocenters. The lowest BCUT2D eigenvalue weighted by molar-refractivity contribution is -0.150. The van der Waals surface area contributed by atoms with Crippen molar-refractivity contribution in [2.75, 3.05) is 28.3 Å². The van der Waals surface area contributed by atoms with Crippen LogP contribution >= 0.6 is 57.4 Å². The molecule has 0 aliphatic heterocycles. The summed E-state index contributed by atoms with van der Waals surface area (Å²) in [6, 6.07) is 29.8. The Kier molecular flexibility index (Phi) is 25.9. The lowest BCUT2D eigenvalue weighted by atomic mass is 10.1. The molecule has 12 nitrogen and oxygen atoms in total. The Balaban J connectivity index is 0.000000296. The van der Waals surface area contributed by atoms with Crippen LogP contribution in [0.2, 0.25) is 0 Å². The first-order valence-electron chi connectivity index (χ1n) is 23.0. The number of halogens is 4. The van der Waals surface area contributed by atoms with Gasteiger partial charge in [-0.3, -0.25) is 19.2 Å². The van der Waals surface area contributed by atoms with E-state index < -0.39 is 40.1 Å². The Morgan fingerprint density at radius 2 is 0.915 bits per heavy atom. The van der Waals surface area contributed by atoms with Gasteiger partial charge in [-0.15, -0.1) is 6.42 Å². The molecule has 6 rings (SSSR count). The van der Waals surface area contributed by atoms with Gasteiger partial charge in [0, 0.05) is 82.5 Å². The Bertz CT molecular complexity index is 2460. The summed E-state index contributed by atoms with van der Waals surface area (Å²) in [5, 5.41) is 7.14. The molecule has 71 heavy (non-hydrogen) atoms. The van der Waals surface area contributed by atoms with Gasteiger partial charge in [0.05, 0.1) is 14.2 Å². The number of alkyl halides is 3. The van der Waals surface area contributed by atoms with Crippen LogP contribution in [-0.2, 0) is 28.7 Å². The number of methoxy groups -OCH3 is 2. The highest BCUT2D eigenvalue weighted by molar-refractivity contribution is 14.1. The fourth-order valence-corrected chi connectivity index (χ4v) is 7.18. The first-order chi connectivity index (χ1) is 33.8. The maximum absolute atomic E-state index is 12.8. The lowest BCUT2D eigenvalue weighted by Gasteiger charge is -2.24. The standard InChI is InChI=1S/C27H30N2O4.C14H16INO4.C13H15N.CHCl3/c1-5-24(30)25(27(32)33-4)29(3)26(31)22-14-10-20(11-15-22)7-6-19-8-12-21(13-9-19)18(2)28-23-16-17-23;1-4-11(17)12(14(19)20-3)16(2)13(18)9-5-7-10(15)8-6-9;1-3-11-4-6-12(7-5-11)10(2)14-13-8-9-13;2-1(3)4/h8-15,18,23,25,28H,5,16-17H2,1-4H3;5-8,12H,4H2,1-3H3;1,4-7,10,13-14H,8-9H2,2H3;1H. The fourth-order valence-electron chi connectivity index (χ4n) is 6.82. The average Bonchev–Trinajstić information content (AvgIpc) is 4.34. The van der Waals surface area contributed by atoms with Crippen molar-refractivity contribution in [2.24, 2.45) is 0 Å². The fraction of sp³-hybridized carbons (Fsp3) is 0.382. The minimum atomic E-state index is -1.25. The zero-order valence-electron chi connectivity index (χ0n) is 41.3. The van der Waals surface area contributed by atoms with Gasteiger partial charge >= 0.3 is 11.9 Å². The summed E-state index contributed by atoms with van der Waals surface area (Å²) in [6.45, 7) is 7.65. The topological polar surface area (TPSA) is 151 Å². The van der Waals surface area contributed by atoms with E-state index in [1.54, 1.807) is 62.4 Å². The van der Waals surface area contributed by atoms with Crippen LogP contribution in [0.15, 0.2) is 97.1 Å². The van der Waals surface area contributed by atoms with Gasteiger partial charge in [0.25, 0.3) is 11.8 Å². The van der Waals surface area contributed by atoms with E-state index in [0.717, 1.165) is 36.1 Å². The first-order valence-corrected chi connectivity index (χ1v) is 25.4. The van der Waals surface area contributed by atoms with E-state index in [0.29, 0.717) is 29.3 Å². The summed E-state index contributed by atoms with van der Waals surface area (Å²) in [5.41, 5.74) is 5.97. The number of ether oxygens (including phenoxy) is 2. The lowest BCUT2D eigenvalue weighted by Crippen LogP contribution is -2.48. The third-order valence-electron chi connectivity index (χ3n) is 11.3. The number of nitrogens with zero attached hydrogens (tertiary/aromatic N) is 2.